The van der Waals surface area contributed by atoms with Gasteiger partial charge in [0.1, 0.15) is 4.90 Å². The fraction of sp³-hybridized carbons (Fsp3) is 0.222. The Morgan fingerprint density at radius 2 is 1.61 bits per heavy atom. The number of carbonyl (C=O) groups is 1. The number of nitrogens with two attached hydrogens (primary N) is 1. The Labute approximate surface area is 104 Å². The van der Waals surface area contributed by atoms with E-state index in [2.05, 4.69) is 0 Å². The minimum absolute atomic E-state index is 0.456. The number of hydrogen-bond donors (Lipinski definition) is 2. The summed E-state index contributed by atoms with van der Waals surface area (Å²) in [6.45, 7) is 0. The lowest BCUT2D eigenvalue weighted by Crippen LogP contribution is -2.14. The summed E-state index contributed by atoms with van der Waals surface area (Å²) >= 11 is 0. The average molecular weight is 293 g/mol. The fourth-order valence-electron chi connectivity index (χ4n) is 1.44. The standard InChI is InChI=1S/C9H11NO6S2/c1-17(13,14)6-4-3-5(9(11)12)7(10)8(6)18(2,15)16/h3-4H,10H2,1-2H3,(H,11,12). The Balaban J connectivity index is 3.92. The van der Waals surface area contributed by atoms with E-state index in [9.17, 15) is 21.6 Å². The maximum absolute atomic E-state index is 11.6. The summed E-state index contributed by atoms with van der Waals surface area (Å²) in [5.74, 6) is -1.43. The van der Waals surface area contributed by atoms with Crippen molar-refractivity contribution in [2.45, 2.75) is 9.79 Å². The highest BCUT2D eigenvalue weighted by atomic mass is 32.2. The van der Waals surface area contributed by atoms with Crippen LogP contribution in [0.3, 0.4) is 0 Å². The first kappa shape index (κ1) is 14.5. The van der Waals surface area contributed by atoms with E-state index in [0.717, 1.165) is 24.6 Å². The van der Waals surface area contributed by atoms with Crippen molar-refractivity contribution in [3.63, 3.8) is 0 Å². The molecule has 0 heterocycles. The van der Waals surface area contributed by atoms with Gasteiger partial charge in [-0.3, -0.25) is 0 Å². The van der Waals surface area contributed by atoms with E-state index in [1.807, 2.05) is 0 Å². The second-order valence-electron chi connectivity index (χ2n) is 3.70. The molecule has 0 aliphatic heterocycles. The van der Waals surface area contributed by atoms with Crippen LogP contribution in [0.1, 0.15) is 10.4 Å². The van der Waals surface area contributed by atoms with Crippen molar-refractivity contribution in [3.05, 3.63) is 17.7 Å². The zero-order valence-electron chi connectivity index (χ0n) is 9.54. The van der Waals surface area contributed by atoms with Crippen LogP contribution in [0.2, 0.25) is 0 Å². The van der Waals surface area contributed by atoms with Crippen LogP contribution in [-0.4, -0.2) is 40.4 Å². The zero-order valence-corrected chi connectivity index (χ0v) is 11.2. The summed E-state index contributed by atoms with van der Waals surface area (Å²) in [5, 5.41) is 8.83. The molecule has 3 N–H and O–H groups in total. The third kappa shape index (κ3) is 2.62. The number of nitrogen functional groups attached to an aromatic ring is 1. The van der Waals surface area contributed by atoms with Gasteiger partial charge in [-0.2, -0.15) is 0 Å². The number of benzene rings is 1. The molecule has 0 aliphatic carbocycles. The van der Waals surface area contributed by atoms with Crippen molar-refractivity contribution in [1.82, 2.24) is 0 Å². The molecule has 0 saturated heterocycles. The highest BCUT2D eigenvalue weighted by Crippen LogP contribution is 2.29. The summed E-state index contributed by atoms with van der Waals surface area (Å²) in [6.07, 6.45) is 1.58. The van der Waals surface area contributed by atoms with Gasteiger partial charge in [-0.1, -0.05) is 0 Å². The predicted octanol–water partition coefficient (Wildman–Crippen LogP) is -0.226. The smallest absolute Gasteiger partial charge is 0.337 e. The van der Waals surface area contributed by atoms with Gasteiger partial charge in [0, 0.05) is 12.5 Å². The maximum Gasteiger partial charge on any atom is 0.337 e. The molecule has 0 atom stereocenters. The van der Waals surface area contributed by atoms with E-state index in [1.165, 1.54) is 0 Å². The molecule has 7 nitrogen and oxygen atoms in total. The highest BCUT2D eigenvalue weighted by Gasteiger charge is 2.26. The lowest BCUT2D eigenvalue weighted by molar-refractivity contribution is 0.0697. The molecule has 0 amide bonds. The van der Waals surface area contributed by atoms with Gasteiger partial charge < -0.3 is 10.8 Å². The lowest BCUT2D eigenvalue weighted by Gasteiger charge is -2.11. The molecule has 0 aliphatic rings. The summed E-state index contributed by atoms with van der Waals surface area (Å²) in [6, 6.07) is 1.88. The van der Waals surface area contributed by atoms with Crippen molar-refractivity contribution in [3.8, 4) is 0 Å². The quantitative estimate of drug-likeness (QED) is 0.736. The maximum atomic E-state index is 11.6. The molecule has 0 radical (unpaired) electrons. The molecule has 0 bridgehead atoms. The van der Waals surface area contributed by atoms with Crippen molar-refractivity contribution in [2.24, 2.45) is 0 Å². The highest BCUT2D eigenvalue weighted by molar-refractivity contribution is 7.93. The molecule has 9 heteroatoms. The van der Waals surface area contributed by atoms with Gasteiger partial charge in [0.25, 0.3) is 0 Å². The summed E-state index contributed by atoms with van der Waals surface area (Å²) < 4.78 is 46.0. The molecule has 0 saturated carbocycles. The van der Waals surface area contributed by atoms with E-state index in [4.69, 9.17) is 10.8 Å². The second kappa shape index (κ2) is 4.25. The van der Waals surface area contributed by atoms with Gasteiger partial charge in [0.05, 0.1) is 16.1 Å². The predicted molar refractivity (Wildman–Crippen MR) is 64.0 cm³/mol. The monoisotopic (exact) mass is 293 g/mol. The minimum atomic E-state index is -3.97. The zero-order chi connectivity index (χ0) is 14.3. The molecule has 0 unspecified atom stereocenters. The van der Waals surface area contributed by atoms with Gasteiger partial charge in [-0.05, 0) is 12.1 Å². The molecular weight excluding hydrogens is 282 g/mol. The molecule has 0 fully saturated rings. The van der Waals surface area contributed by atoms with Crippen LogP contribution in [-0.2, 0) is 19.7 Å². The number of carboxylic acid groups (broad SMARTS) is 1. The van der Waals surface area contributed by atoms with E-state index in [0.29, 0.717) is 0 Å². The first-order chi connectivity index (χ1) is 7.96. The van der Waals surface area contributed by atoms with Crippen molar-refractivity contribution in [2.75, 3.05) is 18.2 Å². The summed E-state index contributed by atoms with van der Waals surface area (Å²) in [4.78, 5) is 9.65. The van der Waals surface area contributed by atoms with Gasteiger partial charge in [0.2, 0.25) is 0 Å². The van der Waals surface area contributed by atoms with Crippen LogP contribution in [0.5, 0.6) is 0 Å². The van der Waals surface area contributed by atoms with Crippen LogP contribution in [0.4, 0.5) is 5.69 Å². The molecule has 0 aromatic heterocycles. The Morgan fingerprint density at radius 3 is 1.94 bits per heavy atom. The van der Waals surface area contributed by atoms with Gasteiger partial charge in [-0.15, -0.1) is 0 Å². The average Bonchev–Trinajstić information content (AvgIpc) is 2.12. The van der Waals surface area contributed by atoms with Gasteiger partial charge in [-0.25, -0.2) is 21.6 Å². The molecule has 1 aromatic rings. The molecule has 1 aromatic carbocycles. The van der Waals surface area contributed by atoms with Crippen molar-refractivity contribution < 1.29 is 26.7 Å². The lowest BCUT2D eigenvalue weighted by atomic mass is 10.2. The summed E-state index contributed by atoms with van der Waals surface area (Å²) in [5.41, 5.74) is 4.41. The van der Waals surface area contributed by atoms with Crippen LogP contribution < -0.4 is 5.73 Å². The fourth-order valence-corrected chi connectivity index (χ4v) is 4.05. The molecule has 1 rings (SSSR count). The van der Waals surface area contributed by atoms with E-state index < -0.39 is 46.7 Å². The molecule has 0 spiro atoms. The second-order valence-corrected chi connectivity index (χ2v) is 7.64. The normalized spacial score (nSPS) is 12.3. The Bertz CT molecular complexity index is 718. The number of aromatic carboxylic acids is 1. The van der Waals surface area contributed by atoms with Crippen molar-refractivity contribution in [1.29, 1.82) is 0 Å². The largest absolute Gasteiger partial charge is 0.478 e. The van der Waals surface area contributed by atoms with E-state index in [1.54, 1.807) is 0 Å². The SMILES string of the molecule is CS(=O)(=O)c1ccc(C(=O)O)c(N)c1S(C)(=O)=O. The first-order valence-corrected chi connectivity index (χ1v) is 8.30. The number of hydrogen-bond acceptors (Lipinski definition) is 6. The molecular formula is C9H11NO6S2. The van der Waals surface area contributed by atoms with Gasteiger partial charge >= 0.3 is 5.97 Å². The third-order valence-corrected chi connectivity index (χ3v) is 4.61. The third-order valence-electron chi connectivity index (χ3n) is 2.16. The van der Waals surface area contributed by atoms with Crippen LogP contribution in [0, 0.1) is 0 Å². The van der Waals surface area contributed by atoms with Crippen LogP contribution in [0.15, 0.2) is 21.9 Å². The van der Waals surface area contributed by atoms with Crippen molar-refractivity contribution >= 4 is 31.3 Å². The summed E-state index contributed by atoms with van der Waals surface area (Å²) in [7, 11) is -7.80. The Morgan fingerprint density at radius 1 is 1.11 bits per heavy atom. The number of anilines is 1. The van der Waals surface area contributed by atoms with Crippen LogP contribution in [0.25, 0.3) is 0 Å². The minimum Gasteiger partial charge on any atom is -0.478 e. The van der Waals surface area contributed by atoms with Crippen LogP contribution >= 0.6 is 0 Å². The number of sulfone groups is 2. The molecule has 18 heavy (non-hydrogen) atoms. The van der Waals surface area contributed by atoms with Gasteiger partial charge in [0.15, 0.2) is 19.7 Å². The van der Waals surface area contributed by atoms with E-state index in [-0.39, 0.29) is 0 Å². The first-order valence-electron chi connectivity index (χ1n) is 4.52. The van der Waals surface area contributed by atoms with E-state index >= 15 is 0 Å². The number of rotatable bonds is 3. The molecule has 100 valence electrons. The number of carboxylic acids is 1. The topological polar surface area (TPSA) is 132 Å². The Kier molecular flexibility index (Phi) is 3.41. The Hall–Kier alpha value is -1.61.